The molecule has 0 amide bonds. The molecule has 0 saturated heterocycles. The topological polar surface area (TPSA) is 91.6 Å². The van der Waals surface area contributed by atoms with Crippen LogP contribution in [0.1, 0.15) is 10.4 Å². The number of methoxy groups -OCH3 is 1. The molecule has 1 aromatic heterocycles. The Hall–Kier alpha value is -2.39. The van der Waals surface area contributed by atoms with Gasteiger partial charge in [0.25, 0.3) is 0 Å². The van der Waals surface area contributed by atoms with Crippen molar-refractivity contribution >= 4 is 12.1 Å². The van der Waals surface area contributed by atoms with E-state index in [-0.39, 0.29) is 6.29 Å². The highest BCUT2D eigenvalue weighted by Crippen LogP contribution is 2.32. The lowest BCUT2D eigenvalue weighted by molar-refractivity contribution is -0.390. The Labute approximate surface area is 97.3 Å². The molecule has 0 spiro atoms. The van der Waals surface area contributed by atoms with Gasteiger partial charge >= 0.3 is 18.1 Å². The molecule has 0 aromatic carbocycles. The molecule has 1 heterocycles. The van der Waals surface area contributed by atoms with Crippen molar-refractivity contribution in [1.29, 1.82) is 0 Å². The molecule has 0 radical (unpaired) electrons. The van der Waals surface area contributed by atoms with Gasteiger partial charge in [0.05, 0.1) is 7.11 Å². The van der Waals surface area contributed by atoms with E-state index in [1.807, 2.05) is 0 Å². The van der Waals surface area contributed by atoms with Gasteiger partial charge in [-0.2, -0.15) is 0 Å². The summed E-state index contributed by atoms with van der Waals surface area (Å²) >= 11 is 0. The van der Waals surface area contributed by atoms with Gasteiger partial charge in [0.2, 0.25) is 5.75 Å². The van der Waals surface area contributed by atoms with Crippen molar-refractivity contribution in [2.24, 2.45) is 0 Å². The second-order valence-corrected chi connectivity index (χ2v) is 2.83. The summed E-state index contributed by atoms with van der Waals surface area (Å²) in [7, 11) is 1.04. The number of carbonyl (C=O) groups is 1. The van der Waals surface area contributed by atoms with E-state index in [9.17, 15) is 28.1 Å². The number of aromatic nitrogens is 1. The first-order chi connectivity index (χ1) is 8.28. The Balaban J connectivity index is 3.36. The maximum absolute atomic E-state index is 12.0. The number of nitrogens with zero attached hydrogens (tertiary/aromatic N) is 2. The molecular weight excluding hydrogens is 261 g/mol. The van der Waals surface area contributed by atoms with Gasteiger partial charge in [-0.15, -0.1) is 13.2 Å². The number of nitro groups is 1. The Morgan fingerprint density at radius 3 is 2.50 bits per heavy atom. The van der Waals surface area contributed by atoms with Gasteiger partial charge in [-0.1, -0.05) is 0 Å². The third kappa shape index (κ3) is 3.06. The number of ether oxygens (including phenoxy) is 2. The first-order valence-corrected chi connectivity index (χ1v) is 4.23. The number of alkyl halides is 3. The monoisotopic (exact) mass is 266 g/mol. The SMILES string of the molecule is COc1cc(C=O)c(OC(F)(F)F)nc1[N+](=O)[O-]. The van der Waals surface area contributed by atoms with Crippen LogP contribution in [0.3, 0.4) is 0 Å². The number of hydrogen-bond donors (Lipinski definition) is 0. The molecule has 7 nitrogen and oxygen atoms in total. The van der Waals surface area contributed by atoms with Crippen LogP contribution in [0.25, 0.3) is 0 Å². The van der Waals surface area contributed by atoms with Crippen LogP contribution in [0.2, 0.25) is 0 Å². The van der Waals surface area contributed by atoms with E-state index in [1.165, 1.54) is 0 Å². The van der Waals surface area contributed by atoms with Gasteiger partial charge in [0.15, 0.2) is 6.29 Å². The largest absolute Gasteiger partial charge is 0.575 e. The fraction of sp³-hybridized carbons (Fsp3) is 0.250. The van der Waals surface area contributed by atoms with Crippen LogP contribution in [-0.2, 0) is 0 Å². The number of hydrogen-bond acceptors (Lipinski definition) is 6. The molecule has 1 aromatic rings. The van der Waals surface area contributed by atoms with Crippen LogP contribution in [0.15, 0.2) is 6.07 Å². The maximum Gasteiger partial charge on any atom is 0.575 e. The molecular formula is C8H5F3N2O5. The number of rotatable bonds is 4. The Morgan fingerprint density at radius 1 is 1.50 bits per heavy atom. The Morgan fingerprint density at radius 2 is 2.11 bits per heavy atom. The van der Waals surface area contributed by atoms with Crippen LogP contribution in [-0.4, -0.2) is 29.7 Å². The zero-order valence-corrected chi connectivity index (χ0v) is 8.72. The van der Waals surface area contributed by atoms with E-state index >= 15 is 0 Å². The molecule has 0 fully saturated rings. The van der Waals surface area contributed by atoms with Gasteiger partial charge in [0, 0.05) is 11.1 Å². The minimum atomic E-state index is -5.12. The highest BCUT2D eigenvalue weighted by Gasteiger charge is 2.36. The lowest BCUT2D eigenvalue weighted by Crippen LogP contribution is -2.19. The van der Waals surface area contributed by atoms with Crippen molar-refractivity contribution in [3.63, 3.8) is 0 Å². The summed E-state index contributed by atoms with van der Waals surface area (Å²) in [6.45, 7) is 0. The van der Waals surface area contributed by atoms with E-state index in [4.69, 9.17) is 0 Å². The minimum Gasteiger partial charge on any atom is -0.489 e. The lowest BCUT2D eigenvalue weighted by atomic mass is 10.3. The third-order valence-electron chi connectivity index (χ3n) is 1.69. The van der Waals surface area contributed by atoms with Crippen LogP contribution in [0.4, 0.5) is 19.0 Å². The van der Waals surface area contributed by atoms with E-state index in [0.717, 1.165) is 13.2 Å². The summed E-state index contributed by atoms with van der Waals surface area (Å²) in [6, 6.07) is 0.735. The molecule has 0 saturated carbocycles. The summed E-state index contributed by atoms with van der Waals surface area (Å²) in [5.41, 5.74) is -0.616. The molecule has 0 bridgehead atoms. The molecule has 0 aliphatic heterocycles. The van der Waals surface area contributed by atoms with Crippen LogP contribution < -0.4 is 9.47 Å². The number of carbonyl (C=O) groups excluding carboxylic acids is 1. The molecule has 10 heteroatoms. The van der Waals surface area contributed by atoms with Crippen molar-refractivity contribution in [2.75, 3.05) is 7.11 Å². The molecule has 98 valence electrons. The highest BCUT2D eigenvalue weighted by atomic mass is 19.4. The summed E-state index contributed by atoms with van der Waals surface area (Å²) in [5, 5.41) is 10.5. The Bertz CT molecular complexity index is 488. The third-order valence-corrected chi connectivity index (χ3v) is 1.69. The van der Waals surface area contributed by atoms with Crippen LogP contribution >= 0.6 is 0 Å². The fourth-order valence-electron chi connectivity index (χ4n) is 1.04. The first-order valence-electron chi connectivity index (χ1n) is 4.23. The summed E-state index contributed by atoms with van der Waals surface area (Å²) in [5.74, 6) is -2.64. The van der Waals surface area contributed by atoms with Crippen molar-refractivity contribution in [2.45, 2.75) is 6.36 Å². The number of aldehydes is 1. The van der Waals surface area contributed by atoms with Gasteiger partial charge in [0.1, 0.15) is 5.56 Å². The minimum absolute atomic E-state index is 0.0142. The predicted molar refractivity (Wildman–Crippen MR) is 49.5 cm³/mol. The van der Waals surface area contributed by atoms with Crippen molar-refractivity contribution in [3.8, 4) is 11.6 Å². The Kier molecular flexibility index (Phi) is 3.69. The summed E-state index contributed by atoms with van der Waals surface area (Å²) in [4.78, 5) is 23.0. The van der Waals surface area contributed by atoms with E-state index < -0.39 is 34.3 Å². The second kappa shape index (κ2) is 4.85. The van der Waals surface area contributed by atoms with E-state index in [2.05, 4.69) is 14.5 Å². The molecule has 0 aliphatic rings. The van der Waals surface area contributed by atoms with Crippen molar-refractivity contribution in [3.05, 3.63) is 21.7 Å². The van der Waals surface area contributed by atoms with Gasteiger partial charge in [-0.3, -0.25) is 4.79 Å². The van der Waals surface area contributed by atoms with Crippen LogP contribution in [0, 0.1) is 10.1 Å². The molecule has 0 unspecified atom stereocenters. The quantitative estimate of drug-likeness (QED) is 0.468. The predicted octanol–water partition coefficient (Wildman–Crippen LogP) is 1.71. The zero-order valence-electron chi connectivity index (χ0n) is 8.72. The lowest BCUT2D eigenvalue weighted by Gasteiger charge is -2.08. The normalized spacial score (nSPS) is 10.9. The van der Waals surface area contributed by atoms with Crippen molar-refractivity contribution in [1.82, 2.24) is 4.98 Å². The molecule has 0 N–H and O–H groups in total. The van der Waals surface area contributed by atoms with Gasteiger partial charge < -0.3 is 19.6 Å². The summed E-state index contributed by atoms with van der Waals surface area (Å²) in [6.07, 6.45) is -5.10. The number of pyridine rings is 1. The maximum atomic E-state index is 12.0. The molecule has 1 rings (SSSR count). The number of halogens is 3. The first kappa shape index (κ1) is 13.7. The molecule has 0 atom stereocenters. The highest BCUT2D eigenvalue weighted by molar-refractivity contribution is 5.80. The standard InChI is InChI=1S/C8H5F3N2O5/c1-17-5-2-4(3-14)7(18-8(9,10)11)12-6(5)13(15)16/h2-3H,1H3. The van der Waals surface area contributed by atoms with Crippen LogP contribution in [0.5, 0.6) is 11.6 Å². The fourth-order valence-corrected chi connectivity index (χ4v) is 1.04. The average molecular weight is 266 g/mol. The van der Waals surface area contributed by atoms with E-state index in [1.54, 1.807) is 0 Å². The smallest absolute Gasteiger partial charge is 0.489 e. The summed E-state index contributed by atoms with van der Waals surface area (Å²) < 4.78 is 43.9. The molecule has 18 heavy (non-hydrogen) atoms. The van der Waals surface area contributed by atoms with Crippen molar-refractivity contribution < 1.29 is 32.4 Å². The van der Waals surface area contributed by atoms with Gasteiger partial charge in [-0.05, 0) is 4.92 Å². The average Bonchev–Trinajstić information content (AvgIpc) is 2.26. The van der Waals surface area contributed by atoms with E-state index in [0.29, 0.717) is 0 Å². The van der Waals surface area contributed by atoms with Gasteiger partial charge in [-0.25, -0.2) is 0 Å². The zero-order chi connectivity index (χ0) is 13.9. The molecule has 0 aliphatic carbocycles. The second-order valence-electron chi connectivity index (χ2n) is 2.83.